The number of amides is 2. The third-order valence-corrected chi connectivity index (χ3v) is 4.70. The molecule has 1 atom stereocenters. The van der Waals surface area contributed by atoms with Crippen molar-refractivity contribution in [1.29, 1.82) is 5.26 Å². The number of rotatable bonds is 3. The average Bonchev–Trinajstić information content (AvgIpc) is 2.91. The largest absolute Gasteiger partial charge is 0.480 e. The van der Waals surface area contributed by atoms with Crippen LogP contribution < -0.4 is 4.74 Å². The van der Waals surface area contributed by atoms with E-state index in [9.17, 15) is 22.8 Å². The maximum Gasteiger partial charge on any atom is 0.417 e. The van der Waals surface area contributed by atoms with Crippen molar-refractivity contribution >= 4 is 11.8 Å². The Hall–Kier alpha value is -3.34. The van der Waals surface area contributed by atoms with Gasteiger partial charge in [0.1, 0.15) is 5.75 Å². The molecule has 1 aliphatic heterocycles. The summed E-state index contributed by atoms with van der Waals surface area (Å²) < 4.78 is 45.2. The molecule has 1 fully saturated rings. The molecule has 0 aliphatic carbocycles. The van der Waals surface area contributed by atoms with Crippen LogP contribution in [0.3, 0.4) is 0 Å². The molecule has 2 amide bonds. The second-order valence-corrected chi connectivity index (χ2v) is 7.40. The van der Waals surface area contributed by atoms with Crippen molar-refractivity contribution in [1.82, 2.24) is 4.90 Å². The number of carbonyl (C=O) groups excluding carboxylic acids is 2. The summed E-state index contributed by atoms with van der Waals surface area (Å²) in [5.41, 5.74) is -2.18. The summed E-state index contributed by atoms with van der Waals surface area (Å²) in [5, 5.41) is 8.90. The van der Waals surface area contributed by atoms with E-state index in [2.05, 4.69) is 0 Å². The Kier molecular flexibility index (Phi) is 5.09. The third kappa shape index (κ3) is 3.94. The maximum absolute atomic E-state index is 13.2. The van der Waals surface area contributed by atoms with Gasteiger partial charge in [-0.05, 0) is 30.3 Å². The average molecular weight is 402 g/mol. The SMILES string of the molecule is CC1(C)CN(C(=O)c2ccccc2)C(=O)C1Oc1ccc(C#N)c(C(F)(F)F)c1. The minimum atomic E-state index is -4.74. The zero-order valence-electron chi connectivity index (χ0n) is 15.7. The number of hydrogen-bond donors (Lipinski definition) is 0. The highest BCUT2D eigenvalue weighted by atomic mass is 19.4. The minimum absolute atomic E-state index is 0.0621. The molecule has 1 unspecified atom stereocenters. The highest BCUT2D eigenvalue weighted by Crippen LogP contribution is 2.38. The van der Waals surface area contributed by atoms with Gasteiger partial charge >= 0.3 is 6.18 Å². The Balaban J connectivity index is 1.89. The van der Waals surface area contributed by atoms with Crippen LogP contribution in [-0.2, 0) is 11.0 Å². The van der Waals surface area contributed by atoms with Crippen molar-refractivity contribution in [2.75, 3.05) is 6.54 Å². The van der Waals surface area contributed by atoms with Crippen LogP contribution >= 0.6 is 0 Å². The van der Waals surface area contributed by atoms with Gasteiger partial charge < -0.3 is 4.74 Å². The molecule has 0 aromatic heterocycles. The highest BCUT2D eigenvalue weighted by molar-refractivity contribution is 6.07. The highest BCUT2D eigenvalue weighted by Gasteiger charge is 2.50. The lowest BCUT2D eigenvalue weighted by Gasteiger charge is -2.24. The molecule has 0 N–H and O–H groups in total. The number of nitrogens with zero attached hydrogens (tertiary/aromatic N) is 2. The Morgan fingerprint density at radius 1 is 1.21 bits per heavy atom. The third-order valence-electron chi connectivity index (χ3n) is 4.70. The standard InChI is InChI=1S/C21H17F3N2O3/c1-20(2)12-26(18(27)13-6-4-3-5-7-13)19(28)17(20)29-15-9-8-14(11-25)16(10-15)21(22,23)24/h3-10,17H,12H2,1-2H3. The van der Waals surface area contributed by atoms with E-state index in [1.807, 2.05) is 0 Å². The topological polar surface area (TPSA) is 70.4 Å². The predicted octanol–water partition coefficient (Wildman–Crippen LogP) is 4.03. The van der Waals surface area contributed by atoms with Gasteiger partial charge in [-0.25, -0.2) is 0 Å². The summed E-state index contributed by atoms with van der Waals surface area (Å²) in [6.07, 6.45) is -5.89. The van der Waals surface area contributed by atoms with E-state index in [1.165, 1.54) is 12.1 Å². The summed E-state index contributed by atoms with van der Waals surface area (Å²) in [7, 11) is 0. The first kappa shape index (κ1) is 20.4. The molecular weight excluding hydrogens is 385 g/mol. The number of likely N-dealkylation sites (tertiary alicyclic amines) is 1. The van der Waals surface area contributed by atoms with Crippen LogP contribution in [0, 0.1) is 16.7 Å². The first-order valence-electron chi connectivity index (χ1n) is 8.73. The number of hydrogen-bond acceptors (Lipinski definition) is 4. The summed E-state index contributed by atoms with van der Waals surface area (Å²) in [6.45, 7) is 3.46. The Morgan fingerprint density at radius 3 is 2.45 bits per heavy atom. The van der Waals surface area contributed by atoms with Crippen molar-refractivity contribution in [2.45, 2.75) is 26.1 Å². The molecule has 1 heterocycles. The van der Waals surface area contributed by atoms with Crippen LogP contribution in [-0.4, -0.2) is 29.4 Å². The summed E-state index contributed by atoms with van der Waals surface area (Å²) >= 11 is 0. The number of nitriles is 1. The molecule has 1 saturated heterocycles. The minimum Gasteiger partial charge on any atom is -0.480 e. The van der Waals surface area contributed by atoms with Crippen molar-refractivity contribution in [3.63, 3.8) is 0 Å². The van der Waals surface area contributed by atoms with E-state index in [1.54, 1.807) is 44.2 Å². The fourth-order valence-electron chi connectivity index (χ4n) is 3.23. The van der Waals surface area contributed by atoms with E-state index in [-0.39, 0.29) is 12.3 Å². The van der Waals surface area contributed by atoms with E-state index >= 15 is 0 Å². The molecule has 0 bridgehead atoms. The van der Waals surface area contributed by atoms with Crippen LogP contribution in [0.2, 0.25) is 0 Å². The second-order valence-electron chi connectivity index (χ2n) is 7.40. The fraction of sp³-hybridized carbons (Fsp3) is 0.286. The number of benzene rings is 2. The first-order chi connectivity index (χ1) is 13.5. The van der Waals surface area contributed by atoms with Gasteiger partial charge in [-0.1, -0.05) is 32.0 Å². The number of imide groups is 1. The number of carbonyl (C=O) groups is 2. The Morgan fingerprint density at radius 2 is 1.86 bits per heavy atom. The molecule has 2 aromatic rings. The summed E-state index contributed by atoms with van der Waals surface area (Å²) in [5.74, 6) is -1.32. The van der Waals surface area contributed by atoms with Gasteiger partial charge in [0.25, 0.3) is 11.8 Å². The van der Waals surface area contributed by atoms with E-state index < -0.39 is 40.6 Å². The van der Waals surface area contributed by atoms with Gasteiger partial charge in [-0.15, -0.1) is 0 Å². The molecule has 5 nitrogen and oxygen atoms in total. The van der Waals surface area contributed by atoms with Gasteiger partial charge in [0.15, 0.2) is 6.10 Å². The molecule has 2 aromatic carbocycles. The van der Waals surface area contributed by atoms with Crippen molar-refractivity contribution in [3.8, 4) is 11.8 Å². The molecule has 29 heavy (non-hydrogen) atoms. The summed E-state index contributed by atoms with van der Waals surface area (Å²) in [4.78, 5) is 26.6. The Labute approximate surface area is 165 Å². The molecule has 150 valence electrons. The number of alkyl halides is 3. The van der Waals surface area contributed by atoms with Crippen LogP contribution in [0.4, 0.5) is 13.2 Å². The molecule has 0 radical (unpaired) electrons. The van der Waals surface area contributed by atoms with Crippen LogP contribution in [0.15, 0.2) is 48.5 Å². The van der Waals surface area contributed by atoms with Gasteiger partial charge in [0.05, 0.1) is 17.2 Å². The van der Waals surface area contributed by atoms with Gasteiger partial charge in [0.2, 0.25) is 0 Å². The lowest BCUT2D eigenvalue weighted by molar-refractivity contribution is -0.137. The lowest BCUT2D eigenvalue weighted by Crippen LogP contribution is -2.38. The number of halogens is 3. The normalized spacial score (nSPS) is 18.4. The smallest absolute Gasteiger partial charge is 0.417 e. The summed E-state index contributed by atoms with van der Waals surface area (Å²) in [6, 6.07) is 12.6. The molecule has 8 heteroatoms. The van der Waals surface area contributed by atoms with Crippen LogP contribution in [0.5, 0.6) is 5.75 Å². The maximum atomic E-state index is 13.2. The molecule has 1 aliphatic rings. The van der Waals surface area contributed by atoms with E-state index in [4.69, 9.17) is 10.00 Å². The van der Waals surface area contributed by atoms with Crippen molar-refractivity contribution < 1.29 is 27.5 Å². The fourth-order valence-corrected chi connectivity index (χ4v) is 3.23. The van der Waals surface area contributed by atoms with Gasteiger partial charge in [-0.2, -0.15) is 18.4 Å². The van der Waals surface area contributed by atoms with Crippen molar-refractivity contribution in [3.05, 3.63) is 65.2 Å². The van der Waals surface area contributed by atoms with Crippen LogP contribution in [0.1, 0.15) is 35.3 Å². The number of ether oxygens (including phenoxy) is 1. The molecule has 3 rings (SSSR count). The van der Waals surface area contributed by atoms with Crippen molar-refractivity contribution in [2.24, 2.45) is 5.41 Å². The zero-order valence-corrected chi connectivity index (χ0v) is 15.7. The zero-order chi connectivity index (χ0) is 21.4. The van der Waals surface area contributed by atoms with Crippen LogP contribution in [0.25, 0.3) is 0 Å². The monoisotopic (exact) mass is 402 g/mol. The predicted molar refractivity (Wildman–Crippen MR) is 96.8 cm³/mol. The van der Waals surface area contributed by atoms with E-state index in [0.717, 1.165) is 11.0 Å². The Bertz CT molecular complexity index is 994. The van der Waals surface area contributed by atoms with E-state index in [0.29, 0.717) is 11.6 Å². The molecule has 0 spiro atoms. The van der Waals surface area contributed by atoms with Gasteiger partial charge in [0, 0.05) is 17.5 Å². The first-order valence-corrected chi connectivity index (χ1v) is 8.73. The quantitative estimate of drug-likeness (QED) is 0.727. The molecule has 0 saturated carbocycles. The second kappa shape index (κ2) is 7.24. The lowest BCUT2D eigenvalue weighted by atomic mass is 9.89. The van der Waals surface area contributed by atoms with Gasteiger partial charge in [-0.3, -0.25) is 14.5 Å². The molecular formula is C21H17F3N2O3.